The van der Waals surface area contributed by atoms with Crippen molar-refractivity contribution >= 4 is 18.1 Å². The van der Waals surface area contributed by atoms with Crippen molar-refractivity contribution in [3.63, 3.8) is 0 Å². The molecule has 59 valence electrons. The first-order chi connectivity index (χ1) is 5.25. The fraction of sp³-hybridized carbons (Fsp3) is 0.400. The second kappa shape index (κ2) is 3.11. The van der Waals surface area contributed by atoms with Crippen LogP contribution in [0.5, 0.6) is 0 Å². The number of likely N-dealkylation sites (N-methyl/N-ethyl adjacent to an activating group) is 1. The average Bonchev–Trinajstić information content (AvgIpc) is 2.53. The van der Waals surface area contributed by atoms with Gasteiger partial charge in [0.1, 0.15) is 6.34 Å². The summed E-state index contributed by atoms with van der Waals surface area (Å²) in [6.45, 7) is 0. The van der Waals surface area contributed by atoms with Crippen LogP contribution in [0.3, 0.4) is 0 Å². The van der Waals surface area contributed by atoms with Gasteiger partial charge < -0.3 is 0 Å². The summed E-state index contributed by atoms with van der Waals surface area (Å²) < 4.78 is 0. The lowest BCUT2D eigenvalue weighted by molar-refractivity contribution is -0.160. The molecule has 1 heterocycles. The third-order valence-electron chi connectivity index (χ3n) is 1.14. The number of hydrogen-bond acceptors (Lipinski definition) is 4. The number of carbonyl (C=O) groups excluding carboxylic acids is 1. The highest BCUT2D eigenvalue weighted by atomic mass is 16.7. The Morgan fingerprint density at radius 2 is 2.45 bits per heavy atom. The van der Waals surface area contributed by atoms with Crippen LogP contribution in [0.4, 0.5) is 0 Å². The maximum absolute atomic E-state index is 11.1. The summed E-state index contributed by atoms with van der Waals surface area (Å²) in [5, 5.41) is 4.42. The molecule has 0 fully saturated rings. The van der Waals surface area contributed by atoms with E-state index >= 15 is 0 Å². The molecule has 0 N–H and O–H groups in total. The van der Waals surface area contributed by atoms with Crippen molar-refractivity contribution in [3.8, 4) is 0 Å². The molecule has 1 amide bonds. The average molecular weight is 155 g/mol. The van der Waals surface area contributed by atoms with E-state index in [-0.39, 0.29) is 5.84 Å². The van der Waals surface area contributed by atoms with E-state index in [2.05, 4.69) is 20.4 Å². The molecule has 1 radical (unpaired) electrons. The SMILES string of the molecule is CON(C)C(=O)C1=NC=N[N]1. The Balaban J connectivity index is 2.55. The van der Waals surface area contributed by atoms with E-state index in [1.54, 1.807) is 0 Å². The number of aliphatic imine (C=N–C) groups is 1. The van der Waals surface area contributed by atoms with Crippen LogP contribution in [0.2, 0.25) is 0 Å². The molecule has 1 aliphatic heterocycles. The Bertz CT molecular complexity index is 223. The predicted molar refractivity (Wildman–Crippen MR) is 37.8 cm³/mol. The summed E-state index contributed by atoms with van der Waals surface area (Å²) in [6, 6.07) is 0. The van der Waals surface area contributed by atoms with Crippen molar-refractivity contribution in [1.29, 1.82) is 0 Å². The Morgan fingerprint density at radius 3 is 2.91 bits per heavy atom. The van der Waals surface area contributed by atoms with Crippen molar-refractivity contribution in [1.82, 2.24) is 10.5 Å². The van der Waals surface area contributed by atoms with Gasteiger partial charge in [-0.2, -0.15) is 0 Å². The summed E-state index contributed by atoms with van der Waals surface area (Å²) in [5.41, 5.74) is 3.45. The van der Waals surface area contributed by atoms with E-state index in [9.17, 15) is 4.79 Å². The zero-order valence-electron chi connectivity index (χ0n) is 6.18. The summed E-state index contributed by atoms with van der Waals surface area (Å²) >= 11 is 0. The van der Waals surface area contributed by atoms with Crippen LogP contribution >= 0.6 is 0 Å². The number of hydroxylamine groups is 2. The molecule has 0 atom stereocenters. The molecule has 0 saturated carbocycles. The molecule has 1 rings (SSSR count). The molecule has 0 unspecified atom stereocenters. The van der Waals surface area contributed by atoms with Gasteiger partial charge in [-0.25, -0.2) is 10.1 Å². The van der Waals surface area contributed by atoms with Gasteiger partial charge in [0.05, 0.1) is 7.11 Å². The van der Waals surface area contributed by atoms with Gasteiger partial charge in [-0.15, -0.1) is 10.5 Å². The molecule has 0 aromatic carbocycles. The molecule has 0 aromatic rings. The fourth-order valence-corrected chi connectivity index (χ4v) is 0.509. The number of carbonyl (C=O) groups is 1. The molecule has 1 aliphatic rings. The molecule has 0 spiro atoms. The number of nitrogens with zero attached hydrogens (tertiary/aromatic N) is 4. The molecular weight excluding hydrogens is 148 g/mol. The van der Waals surface area contributed by atoms with Gasteiger partial charge in [-0.1, -0.05) is 0 Å². The summed E-state index contributed by atoms with van der Waals surface area (Å²) in [7, 11) is 2.85. The first-order valence-corrected chi connectivity index (χ1v) is 2.88. The van der Waals surface area contributed by atoms with E-state index in [1.807, 2.05) is 0 Å². The van der Waals surface area contributed by atoms with Gasteiger partial charge in [0.25, 0.3) is 0 Å². The molecule has 11 heavy (non-hydrogen) atoms. The molecule has 0 saturated heterocycles. The Labute approximate surface area is 63.5 Å². The van der Waals surface area contributed by atoms with Gasteiger partial charge in [0.2, 0.25) is 5.84 Å². The lowest BCUT2D eigenvalue weighted by Crippen LogP contribution is -2.34. The van der Waals surface area contributed by atoms with Crippen molar-refractivity contribution < 1.29 is 9.63 Å². The highest BCUT2D eigenvalue weighted by Gasteiger charge is 2.19. The van der Waals surface area contributed by atoms with Gasteiger partial charge in [0.15, 0.2) is 0 Å². The smallest absolute Gasteiger partial charge is 0.274 e. The van der Waals surface area contributed by atoms with Crippen LogP contribution < -0.4 is 5.43 Å². The Kier molecular flexibility index (Phi) is 2.17. The zero-order valence-corrected chi connectivity index (χ0v) is 6.18. The predicted octanol–water partition coefficient (Wildman–Crippen LogP) is -1.03. The third-order valence-corrected chi connectivity index (χ3v) is 1.14. The number of rotatable bonds is 2. The zero-order chi connectivity index (χ0) is 8.27. The highest BCUT2D eigenvalue weighted by molar-refractivity contribution is 6.39. The van der Waals surface area contributed by atoms with Crippen LogP contribution in [0.25, 0.3) is 0 Å². The van der Waals surface area contributed by atoms with Crippen molar-refractivity contribution in [3.05, 3.63) is 0 Å². The van der Waals surface area contributed by atoms with E-state index in [4.69, 9.17) is 0 Å². The van der Waals surface area contributed by atoms with Crippen LogP contribution in [0.15, 0.2) is 10.1 Å². The standard InChI is InChI=1S/C5H7N4O2/c1-9(11-2)5(10)4-6-3-7-8-4/h3H,1-2H3. The Morgan fingerprint density at radius 1 is 1.73 bits per heavy atom. The van der Waals surface area contributed by atoms with Crippen molar-refractivity contribution in [2.24, 2.45) is 10.1 Å². The van der Waals surface area contributed by atoms with Gasteiger partial charge in [-0.3, -0.25) is 9.63 Å². The van der Waals surface area contributed by atoms with Gasteiger partial charge in [-0.05, 0) is 0 Å². The minimum absolute atomic E-state index is 0.0364. The second-order valence-corrected chi connectivity index (χ2v) is 1.77. The van der Waals surface area contributed by atoms with Crippen LogP contribution in [-0.4, -0.2) is 37.3 Å². The fourth-order valence-electron chi connectivity index (χ4n) is 0.509. The number of hydrogen-bond donors (Lipinski definition) is 0. The molecule has 0 aromatic heterocycles. The maximum Gasteiger partial charge on any atom is 0.316 e. The van der Waals surface area contributed by atoms with E-state index in [0.717, 1.165) is 5.06 Å². The molecule has 6 heteroatoms. The topological polar surface area (TPSA) is 68.4 Å². The molecular formula is C5H7N4O2. The summed E-state index contributed by atoms with van der Waals surface area (Å²) in [4.78, 5) is 19.3. The van der Waals surface area contributed by atoms with Gasteiger partial charge in [0, 0.05) is 7.05 Å². The Hall–Kier alpha value is -1.43. The van der Waals surface area contributed by atoms with Crippen LogP contribution in [-0.2, 0) is 9.63 Å². The lowest BCUT2D eigenvalue weighted by Gasteiger charge is -2.11. The largest absolute Gasteiger partial charge is 0.316 e. The van der Waals surface area contributed by atoms with Crippen LogP contribution in [0.1, 0.15) is 0 Å². The van der Waals surface area contributed by atoms with Crippen molar-refractivity contribution in [2.75, 3.05) is 14.2 Å². The quantitative estimate of drug-likeness (QED) is 0.478. The lowest BCUT2D eigenvalue weighted by atomic mass is 10.5. The van der Waals surface area contributed by atoms with Crippen LogP contribution in [0, 0.1) is 0 Å². The minimum atomic E-state index is -0.412. The monoisotopic (exact) mass is 155 g/mol. The highest BCUT2D eigenvalue weighted by Crippen LogP contribution is 1.91. The maximum atomic E-state index is 11.1. The van der Waals surface area contributed by atoms with Gasteiger partial charge >= 0.3 is 5.91 Å². The molecule has 6 nitrogen and oxygen atoms in total. The van der Waals surface area contributed by atoms with E-state index in [0.29, 0.717) is 0 Å². The summed E-state index contributed by atoms with van der Waals surface area (Å²) in [6.07, 6.45) is 1.21. The molecule has 0 bridgehead atoms. The van der Waals surface area contributed by atoms with Crippen molar-refractivity contribution in [2.45, 2.75) is 0 Å². The first kappa shape index (κ1) is 7.67. The number of amides is 1. The first-order valence-electron chi connectivity index (χ1n) is 2.88. The number of amidine groups is 1. The summed E-state index contributed by atoms with van der Waals surface area (Å²) in [5.74, 6) is -0.376. The molecule has 0 aliphatic carbocycles. The second-order valence-electron chi connectivity index (χ2n) is 1.77. The third kappa shape index (κ3) is 1.53. The normalized spacial score (nSPS) is 14.2. The van der Waals surface area contributed by atoms with E-state index in [1.165, 1.54) is 20.5 Å². The minimum Gasteiger partial charge on any atom is -0.274 e. The van der Waals surface area contributed by atoms with E-state index < -0.39 is 5.91 Å².